The number of para-hydroxylation sites is 2. The fraction of sp³-hybridized carbons (Fsp3) is 0.182. The van der Waals surface area contributed by atoms with E-state index >= 15 is 0 Å². The fourth-order valence-electron chi connectivity index (χ4n) is 3.33. The van der Waals surface area contributed by atoms with Crippen molar-refractivity contribution in [3.8, 4) is 5.75 Å². The number of hydrogen-bond acceptors (Lipinski definition) is 4. The van der Waals surface area contributed by atoms with Crippen molar-refractivity contribution in [3.05, 3.63) is 92.3 Å². The van der Waals surface area contributed by atoms with Gasteiger partial charge in [0.2, 0.25) is 5.70 Å². The maximum Gasteiger partial charge on any atom is 0.253 e. The van der Waals surface area contributed by atoms with Crippen LogP contribution in [0.25, 0.3) is 4.85 Å². The third-order valence-electron chi connectivity index (χ3n) is 4.70. The van der Waals surface area contributed by atoms with Crippen LogP contribution in [-0.4, -0.2) is 19.3 Å². The Balaban J connectivity index is 2.12. The fourth-order valence-corrected chi connectivity index (χ4v) is 4.12. The molecule has 2 aromatic rings. The Morgan fingerprint density at radius 2 is 2.07 bits per heavy atom. The minimum Gasteiger partial charge on any atom is -0.495 e. The van der Waals surface area contributed by atoms with Gasteiger partial charge in [0.15, 0.2) is 0 Å². The summed E-state index contributed by atoms with van der Waals surface area (Å²) in [6.45, 7) is 9.43. The van der Waals surface area contributed by atoms with Crippen molar-refractivity contribution in [2.45, 2.75) is 12.8 Å². The van der Waals surface area contributed by atoms with Gasteiger partial charge in [0, 0.05) is 16.3 Å². The van der Waals surface area contributed by atoms with Gasteiger partial charge < -0.3 is 15.4 Å². The maximum absolute atomic E-state index is 14.9. The summed E-state index contributed by atoms with van der Waals surface area (Å²) in [5.74, 6) is -1.41. The Kier molecular flexibility index (Phi) is 6.70. The highest BCUT2D eigenvalue weighted by molar-refractivity contribution is 8.02. The Morgan fingerprint density at radius 3 is 2.70 bits per heavy atom. The summed E-state index contributed by atoms with van der Waals surface area (Å²) in [4.78, 5) is 17.0. The van der Waals surface area contributed by atoms with Crippen LogP contribution in [0, 0.1) is 12.4 Å². The van der Waals surface area contributed by atoms with Gasteiger partial charge in [0.25, 0.3) is 5.91 Å². The molecule has 30 heavy (non-hydrogen) atoms. The zero-order valence-electron chi connectivity index (χ0n) is 16.5. The van der Waals surface area contributed by atoms with E-state index in [1.807, 2.05) is 6.26 Å². The minimum atomic E-state index is -0.877. The van der Waals surface area contributed by atoms with Crippen LogP contribution in [0.15, 0.2) is 64.5 Å². The van der Waals surface area contributed by atoms with E-state index in [4.69, 9.17) is 22.9 Å². The lowest BCUT2D eigenvalue weighted by atomic mass is 9.84. The zero-order valence-corrected chi connectivity index (χ0v) is 18.1. The van der Waals surface area contributed by atoms with Crippen LogP contribution in [0.3, 0.4) is 0 Å². The summed E-state index contributed by atoms with van der Waals surface area (Å²) in [6, 6.07) is 11.2. The number of anilines is 1. The van der Waals surface area contributed by atoms with E-state index in [2.05, 4.69) is 15.5 Å². The molecule has 2 aromatic carbocycles. The molecule has 0 fully saturated rings. The molecule has 3 rings (SSSR count). The number of allylic oxidation sites excluding steroid dienone is 2. The number of methoxy groups -OCH3 is 1. The summed E-state index contributed by atoms with van der Waals surface area (Å²) in [5, 5.41) is 6.76. The van der Waals surface area contributed by atoms with Gasteiger partial charge in [0.05, 0.1) is 30.3 Å². The molecule has 1 aliphatic rings. The van der Waals surface area contributed by atoms with Gasteiger partial charge in [-0.15, -0.1) is 11.8 Å². The van der Waals surface area contributed by atoms with Crippen molar-refractivity contribution in [1.82, 2.24) is 5.32 Å². The van der Waals surface area contributed by atoms with Gasteiger partial charge in [-0.25, -0.2) is 9.24 Å². The van der Waals surface area contributed by atoms with Crippen molar-refractivity contribution >= 4 is 35.0 Å². The van der Waals surface area contributed by atoms with Gasteiger partial charge in [-0.3, -0.25) is 4.79 Å². The molecule has 1 atom stereocenters. The summed E-state index contributed by atoms with van der Waals surface area (Å²) < 4.78 is 20.2. The number of amides is 1. The van der Waals surface area contributed by atoms with Crippen LogP contribution in [0.4, 0.5) is 10.1 Å². The second-order valence-electron chi connectivity index (χ2n) is 6.45. The molecule has 1 amide bonds. The van der Waals surface area contributed by atoms with Gasteiger partial charge in [-0.1, -0.05) is 29.8 Å². The number of nitrogens with one attached hydrogen (secondary N) is 2. The normalized spacial score (nSPS) is 16.1. The number of halogens is 2. The number of hydrogen-bond donors (Lipinski definition) is 2. The Morgan fingerprint density at radius 1 is 1.33 bits per heavy atom. The van der Waals surface area contributed by atoms with E-state index in [-0.39, 0.29) is 21.9 Å². The van der Waals surface area contributed by atoms with Crippen LogP contribution in [-0.2, 0) is 4.79 Å². The number of carbonyl (C=O) groups is 1. The molecule has 0 spiro atoms. The average Bonchev–Trinajstić information content (AvgIpc) is 2.73. The largest absolute Gasteiger partial charge is 0.495 e. The third kappa shape index (κ3) is 4.16. The van der Waals surface area contributed by atoms with Gasteiger partial charge in [-0.05, 0) is 43.0 Å². The number of thioether (sulfide) groups is 1. The molecule has 0 bridgehead atoms. The predicted octanol–water partition coefficient (Wildman–Crippen LogP) is 5.54. The summed E-state index contributed by atoms with van der Waals surface area (Å²) in [7, 11) is 1.51. The number of rotatable bonds is 5. The van der Waals surface area contributed by atoms with E-state index in [9.17, 15) is 9.18 Å². The third-order valence-corrected chi connectivity index (χ3v) is 5.65. The highest BCUT2D eigenvalue weighted by Gasteiger charge is 2.36. The van der Waals surface area contributed by atoms with Gasteiger partial charge >= 0.3 is 0 Å². The quantitative estimate of drug-likeness (QED) is 0.596. The molecule has 0 radical (unpaired) electrons. The van der Waals surface area contributed by atoms with Crippen molar-refractivity contribution in [1.29, 1.82) is 0 Å². The SMILES string of the molecule is [C-]#[N+]C1=C(SC)NC(C)=C(C(=O)Nc2ccccc2OC)C1c1ccc(Cl)cc1F. The molecular formula is C22H19ClFN3O2S. The number of carbonyl (C=O) groups excluding carboxylic acids is 1. The first-order valence-electron chi connectivity index (χ1n) is 8.94. The highest BCUT2D eigenvalue weighted by Crippen LogP contribution is 2.42. The van der Waals surface area contributed by atoms with Crippen LogP contribution < -0.4 is 15.4 Å². The molecule has 1 heterocycles. The average molecular weight is 444 g/mol. The molecule has 0 aromatic heterocycles. The van der Waals surface area contributed by atoms with Gasteiger partial charge in [-0.2, -0.15) is 0 Å². The summed E-state index contributed by atoms with van der Waals surface area (Å²) in [5.41, 5.74) is 1.73. The summed E-state index contributed by atoms with van der Waals surface area (Å²) in [6.07, 6.45) is 1.82. The second-order valence-corrected chi connectivity index (χ2v) is 7.70. The predicted molar refractivity (Wildman–Crippen MR) is 119 cm³/mol. The van der Waals surface area contributed by atoms with Crippen LogP contribution in [0.1, 0.15) is 18.4 Å². The smallest absolute Gasteiger partial charge is 0.253 e. The molecule has 5 nitrogen and oxygen atoms in total. The molecule has 0 saturated carbocycles. The number of nitrogens with zero attached hydrogens (tertiary/aromatic N) is 1. The second kappa shape index (κ2) is 9.24. The first-order chi connectivity index (χ1) is 14.4. The van der Waals surface area contributed by atoms with E-state index < -0.39 is 17.6 Å². The van der Waals surface area contributed by atoms with E-state index in [0.717, 1.165) is 0 Å². The minimum absolute atomic E-state index is 0.211. The first kappa shape index (κ1) is 21.8. The lowest BCUT2D eigenvalue weighted by molar-refractivity contribution is -0.113. The molecule has 1 aliphatic heterocycles. The zero-order chi connectivity index (χ0) is 21.8. The lowest BCUT2D eigenvalue weighted by Crippen LogP contribution is -2.30. The molecule has 8 heteroatoms. The first-order valence-corrected chi connectivity index (χ1v) is 10.5. The van der Waals surface area contributed by atoms with Crippen molar-refractivity contribution in [2.75, 3.05) is 18.7 Å². The van der Waals surface area contributed by atoms with Crippen molar-refractivity contribution in [2.24, 2.45) is 0 Å². The van der Waals surface area contributed by atoms with Crippen molar-refractivity contribution < 1.29 is 13.9 Å². The molecule has 0 saturated heterocycles. The monoisotopic (exact) mass is 443 g/mol. The Bertz CT molecular complexity index is 1110. The number of benzene rings is 2. The van der Waals surface area contributed by atoms with E-state index in [1.165, 1.54) is 31.0 Å². The summed E-state index contributed by atoms with van der Waals surface area (Å²) >= 11 is 7.25. The van der Waals surface area contributed by atoms with Crippen LogP contribution >= 0.6 is 23.4 Å². The molecule has 154 valence electrons. The lowest BCUT2D eigenvalue weighted by Gasteiger charge is -2.29. The molecular weight excluding hydrogens is 425 g/mol. The van der Waals surface area contributed by atoms with E-state index in [1.54, 1.807) is 37.3 Å². The number of dihydropyridines is 1. The van der Waals surface area contributed by atoms with Crippen LogP contribution in [0.2, 0.25) is 5.02 Å². The topological polar surface area (TPSA) is 54.7 Å². The van der Waals surface area contributed by atoms with Crippen molar-refractivity contribution in [3.63, 3.8) is 0 Å². The number of ether oxygens (including phenoxy) is 1. The Labute approximate surface area is 183 Å². The van der Waals surface area contributed by atoms with Crippen LogP contribution in [0.5, 0.6) is 5.75 Å². The molecule has 2 N–H and O–H groups in total. The Hall–Kier alpha value is -2.95. The molecule has 1 unspecified atom stereocenters. The van der Waals surface area contributed by atoms with E-state index in [0.29, 0.717) is 22.2 Å². The van der Waals surface area contributed by atoms with Gasteiger partial charge in [0.1, 0.15) is 11.6 Å². The highest BCUT2D eigenvalue weighted by atomic mass is 35.5. The maximum atomic E-state index is 14.9. The molecule has 0 aliphatic carbocycles. The standard InChI is InChI=1S/C22H19ClFN3O2S/c1-12-18(21(28)27-16-7-5-6-8-17(16)29-3)19(20(25-2)22(26-12)30-4)14-10-9-13(23)11-15(14)24/h5-11,19,26H,1,3-4H3,(H,27,28).